The number of hydrogen-bond acceptors (Lipinski definition) is 4. The maximum Gasteiger partial charge on any atom is 0.0647 e. The Morgan fingerprint density at radius 3 is 0.833 bits per heavy atom. The van der Waals surface area contributed by atoms with Crippen LogP contribution < -0.4 is 34.0 Å². The molecule has 6 rings (SSSR count). The summed E-state index contributed by atoms with van der Waals surface area (Å²) in [6, 6.07) is 0. The van der Waals surface area contributed by atoms with Crippen LogP contribution in [-0.2, 0) is 0 Å². The lowest BCUT2D eigenvalue weighted by atomic mass is 10.1. The highest BCUT2D eigenvalue weighted by Gasteiger charge is 2.22. The molecular weight excluding hydrogens is 504 g/mol. The van der Waals surface area contributed by atoms with E-state index in [1.54, 1.807) is 0 Å². The zero-order valence-corrected chi connectivity index (χ0v) is 19.8. The smallest absolute Gasteiger partial charge is 0.0647 e. The van der Waals surface area contributed by atoms with Crippen LogP contribution in [0.1, 0.15) is 0 Å². The molecule has 0 aromatic rings. The fourth-order valence-corrected chi connectivity index (χ4v) is 4.05. The van der Waals surface area contributed by atoms with Crippen molar-refractivity contribution < 1.29 is 34.0 Å². The van der Waals surface area contributed by atoms with E-state index in [1.807, 2.05) is 0 Å². The molecule has 6 heterocycles. The van der Waals surface area contributed by atoms with E-state index in [1.165, 1.54) is 22.8 Å². The number of hydrogen-bond donors (Lipinski definition) is 0. The summed E-state index contributed by atoms with van der Waals surface area (Å²) < 4.78 is 0. The van der Waals surface area contributed by atoms with Crippen molar-refractivity contribution in [3.8, 4) is 0 Å². The lowest BCUT2D eigenvalue weighted by Crippen LogP contribution is -3.00. The summed E-state index contributed by atoms with van der Waals surface area (Å²) in [7, 11) is 0. The lowest BCUT2D eigenvalue weighted by molar-refractivity contribution is -0.001000. The summed E-state index contributed by atoms with van der Waals surface area (Å²) in [5.41, 5.74) is 5.22. The first kappa shape index (κ1) is 22.2. The zero-order valence-electron chi connectivity index (χ0n) is 16.6. The van der Waals surface area contributed by atoms with Crippen molar-refractivity contribution >= 4 is 0 Å². The molecule has 0 radical (unpaired) electrons. The number of nitrogens with zero attached hydrogens (tertiary/aromatic N) is 4. The van der Waals surface area contributed by atoms with Gasteiger partial charge in [-0.25, -0.2) is 0 Å². The number of halogens is 2. The van der Waals surface area contributed by atoms with Gasteiger partial charge in [-0.15, -0.1) is 0 Å². The quantitative estimate of drug-likeness (QED) is 0.360. The Labute approximate surface area is 199 Å². The molecule has 30 heavy (non-hydrogen) atoms. The third-order valence-electron chi connectivity index (χ3n) is 5.45. The minimum absolute atomic E-state index is 0. The van der Waals surface area contributed by atoms with Gasteiger partial charge in [0.2, 0.25) is 0 Å². The predicted octanol–water partition coefficient (Wildman–Crippen LogP) is -2.03. The highest BCUT2D eigenvalue weighted by atomic mass is 79.9. The third-order valence-corrected chi connectivity index (χ3v) is 5.45. The van der Waals surface area contributed by atoms with Gasteiger partial charge < -0.3 is 53.6 Å². The van der Waals surface area contributed by atoms with Gasteiger partial charge in [0.15, 0.2) is 0 Å². The third kappa shape index (κ3) is 4.35. The molecule has 0 fully saturated rings. The largest absolute Gasteiger partial charge is 1.00 e. The van der Waals surface area contributed by atoms with Crippen LogP contribution in [0.3, 0.4) is 0 Å². The van der Waals surface area contributed by atoms with Gasteiger partial charge in [-0.3, -0.25) is 0 Å². The predicted molar refractivity (Wildman–Crippen MR) is 114 cm³/mol. The average molecular weight is 528 g/mol. The molecule has 6 aliphatic heterocycles. The van der Waals surface area contributed by atoms with E-state index in [4.69, 9.17) is 0 Å². The van der Waals surface area contributed by atoms with Gasteiger partial charge in [0, 0.05) is 51.0 Å². The summed E-state index contributed by atoms with van der Waals surface area (Å²) >= 11 is 0. The van der Waals surface area contributed by atoms with Gasteiger partial charge in [-0.05, 0) is 48.6 Å². The van der Waals surface area contributed by atoms with E-state index in [9.17, 15) is 0 Å². The molecule has 6 aliphatic rings. The average Bonchev–Trinajstić information content (AvgIpc) is 2.79. The van der Waals surface area contributed by atoms with Crippen molar-refractivity contribution in [2.24, 2.45) is 0 Å². The molecule has 0 unspecified atom stereocenters. The van der Waals surface area contributed by atoms with E-state index in [-0.39, 0.29) is 34.0 Å². The van der Waals surface area contributed by atoms with Crippen molar-refractivity contribution in [2.75, 3.05) is 26.2 Å². The van der Waals surface area contributed by atoms with Crippen LogP contribution in [0.5, 0.6) is 0 Å². The summed E-state index contributed by atoms with van der Waals surface area (Å²) in [5, 5.41) is 0. The summed E-state index contributed by atoms with van der Waals surface area (Å²) in [5.74, 6) is 0. The van der Waals surface area contributed by atoms with E-state index in [2.05, 4.69) is 117 Å². The molecule has 0 saturated heterocycles. The topological polar surface area (TPSA) is 13.0 Å². The zero-order chi connectivity index (χ0) is 18.8. The molecular formula is C24H24Br2N4-2. The van der Waals surface area contributed by atoms with Crippen molar-refractivity contribution in [3.05, 3.63) is 121 Å². The Morgan fingerprint density at radius 1 is 0.367 bits per heavy atom. The summed E-state index contributed by atoms with van der Waals surface area (Å²) in [6.07, 6.45) is 34.0. The molecule has 0 aliphatic carbocycles. The van der Waals surface area contributed by atoms with E-state index in [0.717, 1.165) is 26.2 Å². The van der Waals surface area contributed by atoms with Crippen LogP contribution in [0, 0.1) is 0 Å². The molecule has 0 spiro atoms. The Bertz CT molecular complexity index is 806. The van der Waals surface area contributed by atoms with Crippen LogP contribution in [-0.4, -0.2) is 45.8 Å². The fraction of sp³-hybridized carbons (Fsp3) is 0.167. The van der Waals surface area contributed by atoms with Gasteiger partial charge in [-0.2, -0.15) is 0 Å². The van der Waals surface area contributed by atoms with Crippen LogP contribution >= 0.6 is 0 Å². The first-order chi connectivity index (χ1) is 13.9. The van der Waals surface area contributed by atoms with Gasteiger partial charge in [-0.1, -0.05) is 24.3 Å². The van der Waals surface area contributed by atoms with Crippen molar-refractivity contribution in [1.82, 2.24) is 19.6 Å². The minimum atomic E-state index is 0. The molecule has 4 nitrogen and oxygen atoms in total. The highest BCUT2D eigenvalue weighted by molar-refractivity contribution is 5.42. The second kappa shape index (κ2) is 10.0. The van der Waals surface area contributed by atoms with Crippen LogP contribution in [0.25, 0.3) is 0 Å². The monoisotopic (exact) mass is 526 g/mol. The fourth-order valence-electron chi connectivity index (χ4n) is 4.05. The van der Waals surface area contributed by atoms with Crippen LogP contribution in [0.15, 0.2) is 121 Å². The van der Waals surface area contributed by atoms with E-state index < -0.39 is 0 Å². The molecule has 156 valence electrons. The minimum Gasteiger partial charge on any atom is -1.00 e. The van der Waals surface area contributed by atoms with Crippen LogP contribution in [0.4, 0.5) is 0 Å². The first-order valence-electron chi connectivity index (χ1n) is 9.85. The second-order valence-corrected chi connectivity index (χ2v) is 7.12. The van der Waals surface area contributed by atoms with Gasteiger partial charge >= 0.3 is 0 Å². The second-order valence-electron chi connectivity index (χ2n) is 7.12. The molecule has 0 atom stereocenters. The maximum absolute atomic E-state index is 2.30. The van der Waals surface area contributed by atoms with E-state index >= 15 is 0 Å². The number of allylic oxidation sites excluding steroid dienone is 12. The molecule has 0 amide bonds. The normalized spacial score (nSPS) is 21.3. The van der Waals surface area contributed by atoms with Crippen LogP contribution in [0.2, 0.25) is 0 Å². The molecule has 0 saturated carbocycles. The Kier molecular flexibility index (Phi) is 7.45. The van der Waals surface area contributed by atoms with Gasteiger partial charge in [0.05, 0.1) is 22.8 Å². The van der Waals surface area contributed by atoms with Gasteiger partial charge in [0.25, 0.3) is 0 Å². The van der Waals surface area contributed by atoms with Gasteiger partial charge in [0.1, 0.15) is 0 Å². The Balaban J connectivity index is 0.000000160. The molecule has 0 aromatic heterocycles. The molecule has 6 heteroatoms. The lowest BCUT2D eigenvalue weighted by Gasteiger charge is -2.37. The molecule has 0 N–H and O–H groups in total. The number of rotatable bonds is 0. The van der Waals surface area contributed by atoms with Crippen molar-refractivity contribution in [1.29, 1.82) is 0 Å². The van der Waals surface area contributed by atoms with Crippen molar-refractivity contribution in [2.45, 2.75) is 0 Å². The first-order valence-corrected chi connectivity index (χ1v) is 9.85. The van der Waals surface area contributed by atoms with Crippen molar-refractivity contribution in [3.63, 3.8) is 0 Å². The summed E-state index contributed by atoms with van der Waals surface area (Å²) in [6.45, 7) is 4.27. The molecule has 0 bridgehead atoms. The standard InChI is InChI=1S/2C12H12N2.2BrH/c2*1-3-7-13-9-10-14-8-4-2-6-12(14)11(13)5-1;;/h2*1-8H,9-10H2;2*1H/p-2. The SMILES string of the molecule is C1=CC2=C3C=CC=CN3CCN2C=C1.C1=CC2=C3C=CC=CN3CCN2C=C1.[Br-].[Br-]. The summed E-state index contributed by atoms with van der Waals surface area (Å²) in [4.78, 5) is 9.20. The van der Waals surface area contributed by atoms with E-state index in [0.29, 0.717) is 0 Å². The number of fused-ring (bicyclic) bond motifs is 4. The molecule has 0 aromatic carbocycles. The Morgan fingerprint density at radius 2 is 0.600 bits per heavy atom. The highest BCUT2D eigenvalue weighted by Crippen LogP contribution is 2.27. The Hall–Kier alpha value is -2.44. The maximum atomic E-state index is 2.30.